The van der Waals surface area contributed by atoms with Crippen LogP contribution in [0, 0.1) is 20.8 Å². The van der Waals surface area contributed by atoms with Gasteiger partial charge in [0.15, 0.2) is 0 Å². The molecule has 3 aromatic rings. The summed E-state index contributed by atoms with van der Waals surface area (Å²) in [6.07, 6.45) is 3.00. The van der Waals surface area contributed by atoms with E-state index in [1.54, 1.807) is 7.11 Å². The van der Waals surface area contributed by atoms with Crippen molar-refractivity contribution in [3.8, 4) is 5.75 Å². The predicted molar refractivity (Wildman–Crippen MR) is 107 cm³/mol. The van der Waals surface area contributed by atoms with Gasteiger partial charge >= 0.3 is 0 Å². The van der Waals surface area contributed by atoms with Crippen LogP contribution >= 0.6 is 0 Å². The van der Waals surface area contributed by atoms with E-state index in [-0.39, 0.29) is 5.91 Å². The van der Waals surface area contributed by atoms with Gasteiger partial charge in [-0.2, -0.15) is 0 Å². The molecule has 0 fully saturated rings. The molecular formula is C21H22N4O2. The van der Waals surface area contributed by atoms with Crippen molar-refractivity contribution in [1.29, 1.82) is 0 Å². The number of nitrogens with one attached hydrogen (secondary N) is 2. The van der Waals surface area contributed by atoms with Crippen LogP contribution in [0.25, 0.3) is 0 Å². The molecule has 0 unspecified atom stereocenters. The molecule has 0 aliphatic rings. The number of nitrogens with zero attached hydrogens (tertiary/aromatic N) is 2. The third-order valence-electron chi connectivity index (χ3n) is 4.24. The molecule has 0 aliphatic carbocycles. The maximum Gasteiger partial charge on any atom is 0.258 e. The number of rotatable bonds is 5. The fraction of sp³-hybridized carbons (Fsp3) is 0.190. The molecule has 6 nitrogen and oxygen atoms in total. The van der Waals surface area contributed by atoms with Crippen molar-refractivity contribution in [1.82, 2.24) is 9.97 Å². The Morgan fingerprint density at radius 2 is 1.67 bits per heavy atom. The highest BCUT2D eigenvalue weighted by atomic mass is 16.5. The molecule has 0 spiro atoms. The standard InChI is InChI=1S/C21H22N4O2/c1-13-8-9-18(27-4)17(10-13)24-20(26)16-11-22-21(23-12-16)25-19-14(2)6-5-7-15(19)3/h5-12H,1-4H3,(H,24,26)(H,22,23,25). The summed E-state index contributed by atoms with van der Waals surface area (Å²) in [5.41, 5.74) is 5.18. The largest absolute Gasteiger partial charge is 0.495 e. The first-order valence-corrected chi connectivity index (χ1v) is 8.59. The summed E-state index contributed by atoms with van der Waals surface area (Å²) in [5, 5.41) is 6.05. The van der Waals surface area contributed by atoms with Gasteiger partial charge in [-0.05, 0) is 49.6 Å². The monoisotopic (exact) mass is 362 g/mol. The highest BCUT2D eigenvalue weighted by Crippen LogP contribution is 2.26. The lowest BCUT2D eigenvalue weighted by Crippen LogP contribution is -2.14. The summed E-state index contributed by atoms with van der Waals surface area (Å²) < 4.78 is 5.29. The van der Waals surface area contributed by atoms with Gasteiger partial charge in [-0.25, -0.2) is 9.97 Å². The molecule has 3 rings (SSSR count). The van der Waals surface area contributed by atoms with Crippen molar-refractivity contribution in [3.63, 3.8) is 0 Å². The number of hydrogen-bond acceptors (Lipinski definition) is 5. The SMILES string of the molecule is COc1ccc(C)cc1NC(=O)c1cnc(Nc2c(C)cccc2C)nc1. The number of methoxy groups -OCH3 is 1. The lowest BCUT2D eigenvalue weighted by Gasteiger charge is -2.12. The van der Waals surface area contributed by atoms with Gasteiger partial charge in [-0.15, -0.1) is 0 Å². The van der Waals surface area contributed by atoms with E-state index in [9.17, 15) is 4.79 Å². The van der Waals surface area contributed by atoms with E-state index in [1.165, 1.54) is 12.4 Å². The van der Waals surface area contributed by atoms with E-state index in [1.807, 2.05) is 57.2 Å². The molecule has 2 aromatic carbocycles. The summed E-state index contributed by atoms with van der Waals surface area (Å²) in [7, 11) is 1.57. The topological polar surface area (TPSA) is 76.1 Å². The van der Waals surface area contributed by atoms with Gasteiger partial charge in [0.2, 0.25) is 5.95 Å². The highest BCUT2D eigenvalue weighted by Gasteiger charge is 2.12. The molecule has 0 atom stereocenters. The zero-order chi connectivity index (χ0) is 19.4. The molecule has 1 heterocycles. The van der Waals surface area contributed by atoms with Crippen molar-refractivity contribution >= 4 is 23.2 Å². The van der Waals surface area contributed by atoms with Crippen LogP contribution < -0.4 is 15.4 Å². The normalized spacial score (nSPS) is 10.4. The van der Waals surface area contributed by atoms with Crippen LogP contribution in [0.5, 0.6) is 5.75 Å². The molecule has 1 amide bonds. The Morgan fingerprint density at radius 3 is 2.30 bits per heavy atom. The molecule has 138 valence electrons. The van der Waals surface area contributed by atoms with Crippen molar-refractivity contribution in [3.05, 3.63) is 71.0 Å². The molecule has 0 radical (unpaired) electrons. The summed E-state index contributed by atoms with van der Waals surface area (Å²) in [5.74, 6) is 0.748. The number of hydrogen-bond donors (Lipinski definition) is 2. The number of benzene rings is 2. The number of amides is 1. The second-order valence-corrected chi connectivity index (χ2v) is 6.35. The van der Waals surface area contributed by atoms with Gasteiger partial charge in [0, 0.05) is 18.1 Å². The predicted octanol–water partition coefficient (Wildman–Crippen LogP) is 4.41. The van der Waals surface area contributed by atoms with Crippen LogP contribution in [0.2, 0.25) is 0 Å². The van der Waals surface area contributed by atoms with Crippen LogP contribution in [0.1, 0.15) is 27.0 Å². The number of aromatic nitrogens is 2. The van der Waals surface area contributed by atoms with Crippen molar-refractivity contribution in [2.75, 3.05) is 17.7 Å². The van der Waals surface area contributed by atoms with Gasteiger partial charge < -0.3 is 15.4 Å². The zero-order valence-electron chi connectivity index (χ0n) is 15.8. The van der Waals surface area contributed by atoms with E-state index >= 15 is 0 Å². The minimum absolute atomic E-state index is 0.294. The molecule has 1 aromatic heterocycles. The highest BCUT2D eigenvalue weighted by molar-refractivity contribution is 6.04. The lowest BCUT2D eigenvalue weighted by atomic mass is 10.1. The number of carbonyl (C=O) groups excluding carboxylic acids is 1. The number of anilines is 3. The Hall–Kier alpha value is -3.41. The lowest BCUT2D eigenvalue weighted by molar-refractivity contribution is 0.102. The van der Waals surface area contributed by atoms with E-state index < -0.39 is 0 Å². The molecule has 0 saturated heterocycles. The average Bonchev–Trinajstić information content (AvgIpc) is 2.65. The summed E-state index contributed by atoms with van der Waals surface area (Å²) in [6, 6.07) is 11.6. The third-order valence-corrected chi connectivity index (χ3v) is 4.24. The number of aryl methyl sites for hydroxylation is 3. The maximum absolute atomic E-state index is 12.5. The van der Waals surface area contributed by atoms with E-state index in [0.29, 0.717) is 22.9 Å². The first kappa shape index (κ1) is 18.4. The maximum atomic E-state index is 12.5. The first-order chi connectivity index (χ1) is 13.0. The van der Waals surface area contributed by atoms with Crippen LogP contribution in [-0.4, -0.2) is 23.0 Å². The fourth-order valence-corrected chi connectivity index (χ4v) is 2.75. The quantitative estimate of drug-likeness (QED) is 0.703. The molecule has 27 heavy (non-hydrogen) atoms. The van der Waals surface area contributed by atoms with Crippen molar-refractivity contribution in [2.24, 2.45) is 0 Å². The van der Waals surface area contributed by atoms with Gasteiger partial charge in [-0.3, -0.25) is 4.79 Å². The minimum Gasteiger partial charge on any atom is -0.495 e. The molecule has 0 aliphatic heterocycles. The van der Waals surface area contributed by atoms with Crippen molar-refractivity contribution in [2.45, 2.75) is 20.8 Å². The minimum atomic E-state index is -0.294. The van der Waals surface area contributed by atoms with E-state index in [2.05, 4.69) is 20.6 Å². The second-order valence-electron chi connectivity index (χ2n) is 6.35. The van der Waals surface area contributed by atoms with Crippen LogP contribution in [0.15, 0.2) is 48.8 Å². The molecule has 2 N–H and O–H groups in total. The van der Waals surface area contributed by atoms with E-state index in [4.69, 9.17) is 4.74 Å². The molecular weight excluding hydrogens is 340 g/mol. The van der Waals surface area contributed by atoms with Crippen LogP contribution in [0.3, 0.4) is 0 Å². The smallest absolute Gasteiger partial charge is 0.258 e. The molecule has 0 saturated carbocycles. The Labute approximate surface area is 158 Å². The zero-order valence-corrected chi connectivity index (χ0v) is 15.8. The Kier molecular flexibility index (Phi) is 5.35. The Balaban J connectivity index is 1.75. The average molecular weight is 362 g/mol. The Bertz CT molecular complexity index is 948. The number of ether oxygens (including phenoxy) is 1. The summed E-state index contributed by atoms with van der Waals surface area (Å²) in [4.78, 5) is 21.0. The number of para-hydroxylation sites is 1. The van der Waals surface area contributed by atoms with E-state index in [0.717, 1.165) is 22.4 Å². The molecule has 6 heteroatoms. The molecule has 0 bridgehead atoms. The van der Waals surface area contributed by atoms with Crippen LogP contribution in [0.4, 0.5) is 17.3 Å². The third kappa shape index (κ3) is 4.23. The van der Waals surface area contributed by atoms with Gasteiger partial charge in [0.25, 0.3) is 5.91 Å². The van der Waals surface area contributed by atoms with Crippen molar-refractivity contribution < 1.29 is 9.53 Å². The fourth-order valence-electron chi connectivity index (χ4n) is 2.75. The van der Waals surface area contributed by atoms with Gasteiger partial charge in [0.1, 0.15) is 5.75 Å². The van der Waals surface area contributed by atoms with Gasteiger partial charge in [-0.1, -0.05) is 24.3 Å². The summed E-state index contributed by atoms with van der Waals surface area (Å²) in [6.45, 7) is 5.99. The second kappa shape index (κ2) is 7.86. The Morgan fingerprint density at radius 1 is 1.00 bits per heavy atom. The van der Waals surface area contributed by atoms with Gasteiger partial charge in [0.05, 0.1) is 18.4 Å². The van der Waals surface area contributed by atoms with Crippen LogP contribution in [-0.2, 0) is 0 Å². The summed E-state index contributed by atoms with van der Waals surface area (Å²) >= 11 is 0. The first-order valence-electron chi connectivity index (χ1n) is 8.59. The number of carbonyl (C=O) groups is 1.